The van der Waals surface area contributed by atoms with E-state index in [1.807, 2.05) is 6.92 Å². The van der Waals surface area contributed by atoms with E-state index in [4.69, 9.17) is 4.74 Å². The molecule has 1 aliphatic carbocycles. The maximum Gasteiger partial charge on any atom is 0.346 e. The van der Waals surface area contributed by atoms with Crippen LogP contribution in [0.2, 0.25) is 0 Å². The summed E-state index contributed by atoms with van der Waals surface area (Å²) in [4.78, 5) is 32.3. The molecular weight excluding hydrogens is 224 g/mol. The minimum absolute atomic E-state index is 0.287. The predicted octanol–water partition coefficient (Wildman–Crippen LogP) is 1.85. The third-order valence-corrected chi connectivity index (χ3v) is 2.99. The molecule has 0 N–H and O–H groups in total. The highest BCUT2D eigenvalue weighted by atomic mass is 17.2. The highest BCUT2D eigenvalue weighted by molar-refractivity contribution is 5.82. The monoisotopic (exact) mass is 244 g/mol. The number of carbonyl (C=O) groups is 2. The van der Waals surface area contributed by atoms with Crippen LogP contribution in [0.3, 0.4) is 0 Å². The van der Waals surface area contributed by atoms with E-state index in [9.17, 15) is 9.59 Å². The van der Waals surface area contributed by atoms with Crippen molar-refractivity contribution in [2.75, 3.05) is 13.7 Å². The lowest BCUT2D eigenvalue weighted by molar-refractivity contribution is -0.261. The molecule has 0 aromatic rings. The van der Waals surface area contributed by atoms with Gasteiger partial charge in [-0.2, -0.15) is 4.89 Å². The summed E-state index contributed by atoms with van der Waals surface area (Å²) >= 11 is 0. The molecule has 1 saturated carbocycles. The zero-order valence-corrected chi connectivity index (χ0v) is 10.4. The first-order chi connectivity index (χ1) is 8.20. The van der Waals surface area contributed by atoms with Crippen molar-refractivity contribution in [3.8, 4) is 0 Å². The van der Waals surface area contributed by atoms with Gasteiger partial charge in [0.05, 0.1) is 25.6 Å². The van der Waals surface area contributed by atoms with Gasteiger partial charge in [0.1, 0.15) is 0 Å². The standard InChI is InChI=1S/C12H20O5/c1-3-8-16-11(13)9-6-4-5-7-10(9)12(14)17-15-2/h9-10H,3-8H2,1-2H3. The van der Waals surface area contributed by atoms with E-state index in [0.29, 0.717) is 19.4 Å². The van der Waals surface area contributed by atoms with Gasteiger partial charge in [0.15, 0.2) is 0 Å². The van der Waals surface area contributed by atoms with E-state index in [2.05, 4.69) is 9.78 Å². The van der Waals surface area contributed by atoms with Crippen LogP contribution in [0.1, 0.15) is 39.0 Å². The van der Waals surface area contributed by atoms with Crippen molar-refractivity contribution in [3.05, 3.63) is 0 Å². The van der Waals surface area contributed by atoms with Gasteiger partial charge in [0.25, 0.3) is 0 Å². The molecular formula is C12H20O5. The van der Waals surface area contributed by atoms with Crippen LogP contribution in [-0.4, -0.2) is 25.7 Å². The van der Waals surface area contributed by atoms with Crippen LogP contribution >= 0.6 is 0 Å². The van der Waals surface area contributed by atoms with E-state index in [0.717, 1.165) is 19.3 Å². The maximum absolute atomic E-state index is 11.8. The van der Waals surface area contributed by atoms with Crippen molar-refractivity contribution in [3.63, 3.8) is 0 Å². The summed E-state index contributed by atoms with van der Waals surface area (Å²) in [6.45, 7) is 2.34. The van der Waals surface area contributed by atoms with Crippen LogP contribution in [-0.2, 0) is 24.1 Å². The summed E-state index contributed by atoms with van der Waals surface area (Å²) in [5.74, 6) is -1.55. The van der Waals surface area contributed by atoms with Crippen LogP contribution in [0.15, 0.2) is 0 Å². The van der Waals surface area contributed by atoms with Crippen molar-refractivity contribution in [2.45, 2.75) is 39.0 Å². The van der Waals surface area contributed by atoms with Crippen LogP contribution < -0.4 is 0 Å². The maximum atomic E-state index is 11.8. The van der Waals surface area contributed by atoms with Crippen LogP contribution in [0.5, 0.6) is 0 Å². The first kappa shape index (κ1) is 14.0. The van der Waals surface area contributed by atoms with Gasteiger partial charge in [0.2, 0.25) is 0 Å². The van der Waals surface area contributed by atoms with E-state index in [1.54, 1.807) is 0 Å². The summed E-state index contributed by atoms with van der Waals surface area (Å²) in [5.41, 5.74) is 0. The molecule has 1 fully saturated rings. The Kier molecular flexibility index (Phi) is 5.97. The lowest BCUT2D eigenvalue weighted by Crippen LogP contribution is -2.35. The molecule has 5 heteroatoms. The SMILES string of the molecule is CCCOC(=O)C1CCCCC1C(=O)OOC. The molecule has 0 radical (unpaired) electrons. The highest BCUT2D eigenvalue weighted by Crippen LogP contribution is 2.32. The first-order valence-electron chi connectivity index (χ1n) is 6.11. The molecule has 0 aromatic heterocycles. The lowest BCUT2D eigenvalue weighted by Gasteiger charge is -2.27. The third-order valence-electron chi connectivity index (χ3n) is 2.99. The fourth-order valence-electron chi connectivity index (χ4n) is 2.15. The molecule has 5 nitrogen and oxygen atoms in total. The summed E-state index contributed by atoms with van der Waals surface area (Å²) in [5, 5.41) is 0. The van der Waals surface area contributed by atoms with Gasteiger partial charge in [0, 0.05) is 0 Å². The fourth-order valence-corrected chi connectivity index (χ4v) is 2.15. The quantitative estimate of drug-likeness (QED) is 0.419. The zero-order valence-electron chi connectivity index (χ0n) is 10.4. The molecule has 1 rings (SSSR count). The van der Waals surface area contributed by atoms with Gasteiger partial charge in [-0.05, 0) is 19.3 Å². The Morgan fingerprint density at radius 1 is 1.12 bits per heavy atom. The topological polar surface area (TPSA) is 61.8 Å². The minimum Gasteiger partial charge on any atom is -0.465 e. The average Bonchev–Trinajstić information content (AvgIpc) is 2.36. The third kappa shape index (κ3) is 4.00. The number of hydrogen-bond donors (Lipinski definition) is 0. The first-order valence-corrected chi connectivity index (χ1v) is 6.11. The fraction of sp³-hybridized carbons (Fsp3) is 0.833. The molecule has 2 unspecified atom stereocenters. The summed E-state index contributed by atoms with van der Waals surface area (Å²) in [6.07, 6.45) is 4.01. The Hall–Kier alpha value is -1.10. The number of rotatable bonds is 5. The molecule has 2 atom stereocenters. The Balaban J connectivity index is 2.58. The zero-order chi connectivity index (χ0) is 12.7. The van der Waals surface area contributed by atoms with Crippen LogP contribution in [0.25, 0.3) is 0 Å². The molecule has 0 bridgehead atoms. The predicted molar refractivity (Wildman–Crippen MR) is 59.8 cm³/mol. The van der Waals surface area contributed by atoms with Gasteiger partial charge in [-0.1, -0.05) is 19.8 Å². The van der Waals surface area contributed by atoms with Crippen LogP contribution in [0.4, 0.5) is 0 Å². The normalized spacial score (nSPS) is 24.1. The number of hydrogen-bond acceptors (Lipinski definition) is 5. The van der Waals surface area contributed by atoms with Gasteiger partial charge in [-0.15, -0.1) is 0 Å². The molecule has 0 aliphatic heterocycles. The summed E-state index contributed by atoms with van der Waals surface area (Å²) < 4.78 is 5.10. The summed E-state index contributed by atoms with van der Waals surface area (Å²) in [7, 11) is 1.28. The smallest absolute Gasteiger partial charge is 0.346 e. The van der Waals surface area contributed by atoms with Crippen molar-refractivity contribution < 1.29 is 24.1 Å². The van der Waals surface area contributed by atoms with Gasteiger partial charge < -0.3 is 4.74 Å². The second-order valence-electron chi connectivity index (χ2n) is 4.23. The van der Waals surface area contributed by atoms with E-state index < -0.39 is 11.9 Å². The lowest BCUT2D eigenvalue weighted by atomic mass is 9.79. The number of ether oxygens (including phenoxy) is 1. The van der Waals surface area contributed by atoms with Crippen LogP contribution in [0, 0.1) is 11.8 Å². The minimum atomic E-state index is -0.467. The number of esters is 1. The Bertz CT molecular complexity index is 264. The van der Waals surface area contributed by atoms with Crippen molar-refractivity contribution in [1.29, 1.82) is 0 Å². The Labute approximate surface area is 101 Å². The van der Waals surface area contributed by atoms with Gasteiger partial charge >= 0.3 is 11.9 Å². The molecule has 0 amide bonds. The van der Waals surface area contributed by atoms with Crippen molar-refractivity contribution in [1.82, 2.24) is 0 Å². The van der Waals surface area contributed by atoms with Crippen molar-refractivity contribution in [2.24, 2.45) is 11.8 Å². The molecule has 0 spiro atoms. The largest absolute Gasteiger partial charge is 0.465 e. The second kappa shape index (κ2) is 7.27. The average molecular weight is 244 g/mol. The van der Waals surface area contributed by atoms with E-state index >= 15 is 0 Å². The van der Waals surface area contributed by atoms with Crippen molar-refractivity contribution >= 4 is 11.9 Å². The van der Waals surface area contributed by atoms with E-state index in [1.165, 1.54) is 7.11 Å². The highest BCUT2D eigenvalue weighted by Gasteiger charge is 2.38. The molecule has 0 heterocycles. The summed E-state index contributed by atoms with van der Waals surface area (Å²) in [6, 6.07) is 0. The second-order valence-corrected chi connectivity index (χ2v) is 4.23. The molecule has 98 valence electrons. The van der Waals surface area contributed by atoms with Gasteiger partial charge in [-0.3, -0.25) is 9.68 Å². The molecule has 17 heavy (non-hydrogen) atoms. The van der Waals surface area contributed by atoms with Gasteiger partial charge in [-0.25, -0.2) is 4.79 Å². The number of carbonyl (C=O) groups excluding carboxylic acids is 2. The Morgan fingerprint density at radius 3 is 2.24 bits per heavy atom. The Morgan fingerprint density at radius 2 is 1.71 bits per heavy atom. The molecule has 0 aromatic carbocycles. The molecule has 0 saturated heterocycles. The molecule has 1 aliphatic rings. The van der Waals surface area contributed by atoms with E-state index in [-0.39, 0.29) is 11.9 Å².